The van der Waals surface area contributed by atoms with Crippen molar-refractivity contribution in [3.63, 3.8) is 0 Å². The minimum absolute atomic E-state index is 0.149. The Balaban J connectivity index is 1.92. The van der Waals surface area contributed by atoms with E-state index in [1.54, 1.807) is 0 Å². The highest BCUT2D eigenvalue weighted by atomic mass is 32.1. The van der Waals surface area contributed by atoms with Crippen LogP contribution in [0.4, 0.5) is 9.39 Å². The fraction of sp³-hybridized carbons (Fsp3) is 0.400. The maximum atomic E-state index is 13.3. The van der Waals surface area contributed by atoms with Crippen LogP contribution in [0.3, 0.4) is 0 Å². The summed E-state index contributed by atoms with van der Waals surface area (Å²) in [5.41, 5.74) is 1.33. The summed E-state index contributed by atoms with van der Waals surface area (Å²) in [4.78, 5) is 25.2. The molecule has 1 aromatic heterocycles. The maximum absolute atomic E-state index is 13.3. The highest BCUT2D eigenvalue weighted by Crippen LogP contribution is 2.44. The molecule has 0 fully saturated rings. The summed E-state index contributed by atoms with van der Waals surface area (Å²) in [5.74, 6) is -1.57. The zero-order chi connectivity index (χ0) is 19.1. The van der Waals surface area contributed by atoms with Gasteiger partial charge in [-0.05, 0) is 54.4 Å². The predicted octanol–water partition coefficient (Wildman–Crippen LogP) is 4.99. The molecule has 3 rings (SSSR count). The third-order valence-corrected chi connectivity index (χ3v) is 6.19. The Morgan fingerprint density at radius 2 is 2.04 bits per heavy atom. The quantitative estimate of drug-likeness (QED) is 0.794. The van der Waals surface area contributed by atoms with Crippen LogP contribution in [0, 0.1) is 17.2 Å². The summed E-state index contributed by atoms with van der Waals surface area (Å²) in [5, 5.41) is 12.7. The number of carbonyl (C=O) groups excluding carboxylic acids is 1. The van der Waals surface area contributed by atoms with E-state index in [0.717, 1.165) is 29.3 Å². The number of rotatable bonds is 3. The van der Waals surface area contributed by atoms with Crippen LogP contribution < -0.4 is 5.32 Å². The van der Waals surface area contributed by atoms with Gasteiger partial charge in [0, 0.05) is 10.4 Å². The van der Waals surface area contributed by atoms with Crippen LogP contribution in [0.2, 0.25) is 0 Å². The Labute approximate surface area is 156 Å². The average molecular weight is 375 g/mol. The van der Waals surface area contributed by atoms with Gasteiger partial charge in [-0.2, -0.15) is 0 Å². The molecule has 0 spiro atoms. The molecule has 1 unspecified atom stereocenters. The number of thiophene rings is 1. The van der Waals surface area contributed by atoms with Crippen LogP contribution in [0.5, 0.6) is 0 Å². The van der Waals surface area contributed by atoms with Crippen molar-refractivity contribution < 1.29 is 19.1 Å². The van der Waals surface area contributed by atoms with Gasteiger partial charge < -0.3 is 10.4 Å². The molecular formula is C20H22FNO3S. The number of nitrogens with one attached hydrogen (secondary N) is 1. The second-order valence-corrected chi connectivity index (χ2v) is 8.89. The van der Waals surface area contributed by atoms with Gasteiger partial charge >= 0.3 is 5.97 Å². The second-order valence-electron chi connectivity index (χ2n) is 7.78. The Bertz CT molecular complexity index is 866. The Morgan fingerprint density at radius 1 is 1.31 bits per heavy atom. The van der Waals surface area contributed by atoms with E-state index in [2.05, 4.69) is 26.1 Å². The average Bonchev–Trinajstić information content (AvgIpc) is 2.91. The molecule has 1 amide bonds. The number of anilines is 1. The molecule has 1 aromatic carbocycles. The zero-order valence-corrected chi connectivity index (χ0v) is 15.9. The summed E-state index contributed by atoms with van der Waals surface area (Å²) in [7, 11) is 0. The third-order valence-electron chi connectivity index (χ3n) is 5.02. The number of carbonyl (C=O) groups is 2. The Kier molecular flexibility index (Phi) is 4.88. The van der Waals surface area contributed by atoms with Gasteiger partial charge in [0.2, 0.25) is 0 Å². The highest BCUT2D eigenvalue weighted by molar-refractivity contribution is 7.17. The van der Waals surface area contributed by atoms with E-state index in [1.165, 1.54) is 29.5 Å². The number of hydrogen-bond donors (Lipinski definition) is 2. The largest absolute Gasteiger partial charge is 0.478 e. The van der Waals surface area contributed by atoms with Crippen molar-refractivity contribution in [3.8, 4) is 0 Å². The van der Waals surface area contributed by atoms with E-state index in [-0.39, 0.29) is 16.5 Å². The fourth-order valence-corrected chi connectivity index (χ4v) is 4.76. The number of fused-ring (bicyclic) bond motifs is 1. The molecular weight excluding hydrogens is 353 g/mol. The number of carboxylic acid groups (broad SMARTS) is 1. The summed E-state index contributed by atoms with van der Waals surface area (Å²) in [6, 6.07) is 5.35. The van der Waals surface area contributed by atoms with E-state index in [9.17, 15) is 19.1 Å². The van der Waals surface area contributed by atoms with Crippen molar-refractivity contribution in [1.82, 2.24) is 0 Å². The summed E-state index contributed by atoms with van der Waals surface area (Å²) in [6.07, 6.45) is 2.45. The van der Waals surface area contributed by atoms with Crippen molar-refractivity contribution in [2.45, 2.75) is 40.0 Å². The number of hydrogen-bond acceptors (Lipinski definition) is 3. The number of carboxylic acids is 1. The number of halogens is 1. The molecule has 138 valence electrons. The molecule has 0 saturated carbocycles. The summed E-state index contributed by atoms with van der Waals surface area (Å²) < 4.78 is 13.3. The molecule has 26 heavy (non-hydrogen) atoms. The second kappa shape index (κ2) is 6.83. The summed E-state index contributed by atoms with van der Waals surface area (Å²) >= 11 is 1.33. The topological polar surface area (TPSA) is 66.4 Å². The molecule has 0 bridgehead atoms. The van der Waals surface area contributed by atoms with E-state index < -0.39 is 17.7 Å². The Hall–Kier alpha value is -2.21. The first-order chi connectivity index (χ1) is 12.2. The minimum atomic E-state index is -1.04. The highest BCUT2D eigenvalue weighted by Gasteiger charge is 2.34. The van der Waals surface area contributed by atoms with Gasteiger partial charge in [-0.3, -0.25) is 4.79 Å². The first-order valence-corrected chi connectivity index (χ1v) is 9.43. The van der Waals surface area contributed by atoms with Crippen LogP contribution in [0.25, 0.3) is 0 Å². The van der Waals surface area contributed by atoms with E-state index in [0.29, 0.717) is 17.3 Å². The van der Waals surface area contributed by atoms with E-state index in [1.807, 2.05) is 0 Å². The van der Waals surface area contributed by atoms with Crippen LogP contribution in [-0.2, 0) is 12.8 Å². The molecule has 1 aliphatic rings. The number of amides is 1. The predicted molar refractivity (Wildman–Crippen MR) is 101 cm³/mol. The van der Waals surface area contributed by atoms with Gasteiger partial charge in [0.15, 0.2) is 0 Å². The molecule has 6 heteroatoms. The first-order valence-electron chi connectivity index (χ1n) is 8.61. The monoisotopic (exact) mass is 375 g/mol. The van der Waals surface area contributed by atoms with Crippen LogP contribution in [0.15, 0.2) is 24.3 Å². The maximum Gasteiger partial charge on any atom is 0.339 e. The van der Waals surface area contributed by atoms with Crippen molar-refractivity contribution in [3.05, 3.63) is 51.7 Å². The zero-order valence-electron chi connectivity index (χ0n) is 15.1. The summed E-state index contributed by atoms with van der Waals surface area (Å²) in [6.45, 7) is 6.59. The van der Waals surface area contributed by atoms with Crippen molar-refractivity contribution in [1.29, 1.82) is 0 Å². The van der Waals surface area contributed by atoms with Gasteiger partial charge in [-0.25, -0.2) is 9.18 Å². The minimum Gasteiger partial charge on any atom is -0.478 e. The molecule has 4 nitrogen and oxygen atoms in total. The van der Waals surface area contributed by atoms with Gasteiger partial charge in [0.05, 0.1) is 5.56 Å². The molecule has 1 atom stereocenters. The van der Waals surface area contributed by atoms with E-state index >= 15 is 0 Å². The fourth-order valence-electron chi connectivity index (χ4n) is 3.44. The molecule has 2 N–H and O–H groups in total. The first kappa shape index (κ1) is 18.6. The van der Waals surface area contributed by atoms with Crippen LogP contribution >= 0.6 is 11.3 Å². The van der Waals surface area contributed by atoms with E-state index in [4.69, 9.17) is 0 Å². The molecule has 1 heterocycles. The van der Waals surface area contributed by atoms with Crippen LogP contribution in [0.1, 0.15) is 58.3 Å². The smallest absolute Gasteiger partial charge is 0.339 e. The molecule has 2 aromatic rings. The van der Waals surface area contributed by atoms with Gasteiger partial charge in [0.25, 0.3) is 5.91 Å². The van der Waals surface area contributed by atoms with Crippen molar-refractivity contribution in [2.24, 2.45) is 11.3 Å². The van der Waals surface area contributed by atoms with Gasteiger partial charge in [0.1, 0.15) is 10.8 Å². The third kappa shape index (κ3) is 3.65. The molecule has 0 radical (unpaired) electrons. The Morgan fingerprint density at radius 3 is 2.65 bits per heavy atom. The number of benzene rings is 1. The SMILES string of the molecule is CC(C)(C)C1CCc2c(sc(NC(=O)c3cccc(F)c3)c2C(=O)O)C1. The van der Waals surface area contributed by atoms with Gasteiger partial charge in [-0.1, -0.05) is 26.8 Å². The molecule has 0 aliphatic heterocycles. The molecule has 1 aliphatic carbocycles. The standard InChI is InChI=1S/C20H22FNO3S/c1-20(2,3)12-7-8-14-15(10-12)26-18(16(14)19(24)25)22-17(23)11-5-4-6-13(21)9-11/h4-6,9,12H,7-8,10H2,1-3H3,(H,22,23)(H,24,25). The van der Waals surface area contributed by atoms with Crippen molar-refractivity contribution >= 4 is 28.2 Å². The lowest BCUT2D eigenvalue weighted by molar-refractivity contribution is 0.0696. The van der Waals surface area contributed by atoms with Crippen molar-refractivity contribution in [2.75, 3.05) is 5.32 Å². The lowest BCUT2D eigenvalue weighted by Crippen LogP contribution is -2.26. The lowest BCUT2D eigenvalue weighted by Gasteiger charge is -2.33. The lowest BCUT2D eigenvalue weighted by atomic mass is 9.72. The normalized spacial score (nSPS) is 16.8. The number of aromatic carboxylic acids is 1. The van der Waals surface area contributed by atoms with Gasteiger partial charge in [-0.15, -0.1) is 11.3 Å². The van der Waals surface area contributed by atoms with Crippen LogP contribution in [-0.4, -0.2) is 17.0 Å². The molecule has 0 saturated heterocycles.